The van der Waals surface area contributed by atoms with Gasteiger partial charge in [0, 0.05) is 11.8 Å². The predicted molar refractivity (Wildman–Crippen MR) is 67.4 cm³/mol. The number of benzene rings is 1. The average Bonchev–Trinajstić information content (AvgIpc) is 2.27. The summed E-state index contributed by atoms with van der Waals surface area (Å²) in [6.45, 7) is 4.50. The van der Waals surface area contributed by atoms with Gasteiger partial charge >= 0.3 is 0 Å². The maximum Gasteiger partial charge on any atom is 0.167 e. The highest BCUT2D eigenvalue weighted by Gasteiger charge is 2.26. The van der Waals surface area contributed by atoms with Crippen LogP contribution in [0.5, 0.6) is 5.75 Å². The van der Waals surface area contributed by atoms with Crippen molar-refractivity contribution in [3.8, 4) is 5.75 Å². The fourth-order valence-corrected chi connectivity index (χ4v) is 2.40. The first kappa shape index (κ1) is 12.2. The highest BCUT2D eigenvalue weighted by molar-refractivity contribution is 5.42. The van der Waals surface area contributed by atoms with Crippen molar-refractivity contribution in [3.63, 3.8) is 0 Å². The van der Waals surface area contributed by atoms with Crippen LogP contribution < -0.4 is 10.5 Å². The van der Waals surface area contributed by atoms with E-state index in [4.69, 9.17) is 10.5 Å². The van der Waals surface area contributed by atoms with Gasteiger partial charge in [-0.2, -0.15) is 0 Å². The molecule has 0 aromatic heterocycles. The number of anilines is 1. The minimum atomic E-state index is -0.365. The van der Waals surface area contributed by atoms with Crippen LogP contribution in [-0.2, 0) is 0 Å². The molecule has 3 heteroatoms. The molecule has 0 saturated heterocycles. The molecule has 17 heavy (non-hydrogen) atoms. The number of halogens is 1. The van der Waals surface area contributed by atoms with Gasteiger partial charge in [0.05, 0.1) is 6.10 Å². The van der Waals surface area contributed by atoms with Crippen molar-refractivity contribution in [2.75, 3.05) is 5.73 Å². The Hall–Kier alpha value is -1.25. The summed E-state index contributed by atoms with van der Waals surface area (Å²) in [7, 11) is 0. The number of nitrogen functional groups attached to an aromatic ring is 1. The largest absolute Gasteiger partial charge is 0.487 e. The molecule has 2 rings (SSSR count). The minimum Gasteiger partial charge on any atom is -0.487 e. The molecular formula is C14H20FNO. The molecule has 0 aliphatic heterocycles. The zero-order chi connectivity index (χ0) is 12.4. The number of hydrogen-bond acceptors (Lipinski definition) is 2. The summed E-state index contributed by atoms with van der Waals surface area (Å²) in [5.74, 6) is 1.35. The van der Waals surface area contributed by atoms with E-state index in [1.807, 2.05) is 0 Å². The Labute approximate surface area is 102 Å². The lowest BCUT2D eigenvalue weighted by Crippen LogP contribution is -2.29. The summed E-state index contributed by atoms with van der Waals surface area (Å²) in [6.07, 6.45) is 3.31. The van der Waals surface area contributed by atoms with Crippen LogP contribution in [0.1, 0.15) is 33.1 Å². The summed E-state index contributed by atoms with van der Waals surface area (Å²) in [5, 5.41) is 0. The molecule has 94 valence electrons. The average molecular weight is 237 g/mol. The van der Waals surface area contributed by atoms with Crippen LogP contribution in [0.3, 0.4) is 0 Å². The van der Waals surface area contributed by atoms with Gasteiger partial charge in [0.2, 0.25) is 0 Å². The van der Waals surface area contributed by atoms with Gasteiger partial charge in [0.1, 0.15) is 0 Å². The fraction of sp³-hybridized carbons (Fsp3) is 0.571. The molecule has 0 amide bonds. The van der Waals surface area contributed by atoms with Gasteiger partial charge in [-0.1, -0.05) is 13.8 Å². The summed E-state index contributed by atoms with van der Waals surface area (Å²) in [6, 6.07) is 4.60. The molecular weight excluding hydrogens is 217 g/mol. The molecule has 1 saturated carbocycles. The van der Waals surface area contributed by atoms with E-state index in [0.29, 0.717) is 17.4 Å². The Kier molecular flexibility index (Phi) is 3.55. The zero-order valence-corrected chi connectivity index (χ0v) is 10.4. The normalized spacial score (nSPS) is 29.0. The molecule has 1 aliphatic rings. The van der Waals surface area contributed by atoms with Crippen molar-refractivity contribution < 1.29 is 9.13 Å². The van der Waals surface area contributed by atoms with Gasteiger partial charge in [-0.25, -0.2) is 4.39 Å². The van der Waals surface area contributed by atoms with Crippen LogP contribution in [0, 0.1) is 17.7 Å². The van der Waals surface area contributed by atoms with Crippen LogP contribution >= 0.6 is 0 Å². The molecule has 2 N–H and O–H groups in total. The van der Waals surface area contributed by atoms with E-state index >= 15 is 0 Å². The van der Waals surface area contributed by atoms with Crippen LogP contribution in [0.15, 0.2) is 18.2 Å². The van der Waals surface area contributed by atoms with E-state index in [1.54, 1.807) is 12.1 Å². The van der Waals surface area contributed by atoms with Gasteiger partial charge in [-0.05, 0) is 43.2 Å². The Balaban J connectivity index is 2.01. The number of hydrogen-bond donors (Lipinski definition) is 1. The topological polar surface area (TPSA) is 35.2 Å². The second-order valence-electron chi connectivity index (χ2n) is 5.20. The highest BCUT2D eigenvalue weighted by atomic mass is 19.1. The van der Waals surface area contributed by atoms with Gasteiger partial charge in [-0.3, -0.25) is 0 Å². The van der Waals surface area contributed by atoms with Crippen molar-refractivity contribution in [2.24, 2.45) is 11.8 Å². The first-order valence-electron chi connectivity index (χ1n) is 6.28. The number of ether oxygens (including phenoxy) is 1. The minimum absolute atomic E-state index is 0.138. The van der Waals surface area contributed by atoms with Crippen molar-refractivity contribution in [3.05, 3.63) is 24.0 Å². The molecule has 1 aliphatic carbocycles. The van der Waals surface area contributed by atoms with Gasteiger partial charge in [-0.15, -0.1) is 0 Å². The quantitative estimate of drug-likeness (QED) is 0.797. The molecule has 0 radical (unpaired) electrons. The second-order valence-corrected chi connectivity index (χ2v) is 5.20. The molecule has 1 fully saturated rings. The SMILES string of the molecule is CC1CCC(Oc2ccc(N)cc2F)CC1C. The first-order chi connectivity index (χ1) is 8.06. The van der Waals surface area contributed by atoms with E-state index in [-0.39, 0.29) is 11.9 Å². The Morgan fingerprint density at radius 3 is 2.65 bits per heavy atom. The van der Waals surface area contributed by atoms with E-state index < -0.39 is 0 Å². The lowest BCUT2D eigenvalue weighted by atomic mass is 9.80. The lowest BCUT2D eigenvalue weighted by molar-refractivity contribution is 0.0968. The maximum atomic E-state index is 13.6. The standard InChI is InChI=1S/C14H20FNO/c1-9-3-5-12(7-10(9)2)17-14-6-4-11(16)8-13(14)15/h4,6,8-10,12H,3,5,7,16H2,1-2H3. The molecule has 2 nitrogen and oxygen atoms in total. The summed E-state index contributed by atoms with van der Waals surface area (Å²) in [4.78, 5) is 0. The van der Waals surface area contributed by atoms with Crippen LogP contribution in [0.2, 0.25) is 0 Å². The zero-order valence-electron chi connectivity index (χ0n) is 10.4. The van der Waals surface area contributed by atoms with Crippen molar-refractivity contribution >= 4 is 5.69 Å². The lowest BCUT2D eigenvalue weighted by Gasteiger charge is -2.32. The van der Waals surface area contributed by atoms with E-state index in [9.17, 15) is 4.39 Å². The molecule has 0 bridgehead atoms. The monoisotopic (exact) mass is 237 g/mol. The number of nitrogens with two attached hydrogens (primary N) is 1. The smallest absolute Gasteiger partial charge is 0.167 e. The van der Waals surface area contributed by atoms with E-state index in [2.05, 4.69) is 13.8 Å². The van der Waals surface area contributed by atoms with E-state index in [0.717, 1.165) is 25.2 Å². The van der Waals surface area contributed by atoms with Crippen molar-refractivity contribution in [2.45, 2.75) is 39.2 Å². The van der Waals surface area contributed by atoms with Crippen LogP contribution in [-0.4, -0.2) is 6.10 Å². The second kappa shape index (κ2) is 4.94. The number of rotatable bonds is 2. The van der Waals surface area contributed by atoms with Crippen molar-refractivity contribution in [1.82, 2.24) is 0 Å². The third-order valence-electron chi connectivity index (χ3n) is 3.80. The molecule has 3 atom stereocenters. The summed E-state index contributed by atoms with van der Waals surface area (Å²) < 4.78 is 19.3. The third kappa shape index (κ3) is 2.90. The predicted octanol–water partition coefficient (Wildman–Crippen LogP) is 3.61. The Bertz CT molecular complexity index is 394. The van der Waals surface area contributed by atoms with Gasteiger partial charge in [0.25, 0.3) is 0 Å². The van der Waals surface area contributed by atoms with Gasteiger partial charge < -0.3 is 10.5 Å². The fourth-order valence-electron chi connectivity index (χ4n) is 2.40. The summed E-state index contributed by atoms with van der Waals surface area (Å²) >= 11 is 0. The first-order valence-corrected chi connectivity index (χ1v) is 6.28. The van der Waals surface area contributed by atoms with Crippen LogP contribution in [0.25, 0.3) is 0 Å². The highest BCUT2D eigenvalue weighted by Crippen LogP contribution is 2.32. The molecule has 3 unspecified atom stereocenters. The Morgan fingerprint density at radius 2 is 2.00 bits per heavy atom. The Morgan fingerprint density at radius 1 is 1.24 bits per heavy atom. The van der Waals surface area contributed by atoms with E-state index in [1.165, 1.54) is 6.07 Å². The molecule has 0 spiro atoms. The molecule has 1 aromatic rings. The van der Waals surface area contributed by atoms with Crippen LogP contribution in [0.4, 0.5) is 10.1 Å². The third-order valence-corrected chi connectivity index (χ3v) is 3.80. The summed E-state index contributed by atoms with van der Waals surface area (Å²) in [5.41, 5.74) is 5.94. The van der Waals surface area contributed by atoms with Gasteiger partial charge in [0.15, 0.2) is 11.6 Å². The van der Waals surface area contributed by atoms with Crippen molar-refractivity contribution in [1.29, 1.82) is 0 Å². The molecule has 1 aromatic carbocycles. The maximum absolute atomic E-state index is 13.6. The molecule has 0 heterocycles.